The van der Waals surface area contributed by atoms with Crippen molar-refractivity contribution in [1.29, 1.82) is 0 Å². The molecule has 1 aliphatic rings. The molecule has 12 nitrogen and oxygen atoms in total. The molecule has 2 aromatic rings. The van der Waals surface area contributed by atoms with E-state index in [1.165, 1.54) is 12.1 Å². The van der Waals surface area contributed by atoms with Crippen LogP contribution < -0.4 is 20.9 Å². The molecule has 0 saturated carbocycles. The largest absolute Gasteiger partial charge is 0.462 e. The Kier molecular flexibility index (Phi) is 8.39. The fourth-order valence-electron chi connectivity index (χ4n) is 3.06. The van der Waals surface area contributed by atoms with Crippen molar-refractivity contribution in [2.75, 3.05) is 13.2 Å². The van der Waals surface area contributed by atoms with Gasteiger partial charge < -0.3 is 19.1 Å². The molecular weight excluding hydrogens is 476 g/mol. The number of benzene rings is 1. The summed E-state index contributed by atoms with van der Waals surface area (Å²) in [7, 11) is -4.24. The zero-order valence-corrected chi connectivity index (χ0v) is 19.2. The molecule has 0 spiro atoms. The molecule has 5 atom stereocenters. The van der Waals surface area contributed by atoms with Crippen molar-refractivity contribution in [3.05, 3.63) is 63.4 Å². The highest BCUT2D eigenvalue weighted by Gasteiger charge is 2.46. The van der Waals surface area contributed by atoms with Gasteiger partial charge in [-0.15, -0.1) is 0 Å². The van der Waals surface area contributed by atoms with Crippen LogP contribution in [0.1, 0.15) is 20.1 Å². The number of carbonyl (C=O) groups excluding carboxylic acids is 1. The average molecular weight is 501 g/mol. The lowest BCUT2D eigenvalue weighted by atomic mass is 10.1. The van der Waals surface area contributed by atoms with Crippen molar-refractivity contribution >= 4 is 13.7 Å². The van der Waals surface area contributed by atoms with Crippen LogP contribution >= 0.6 is 7.75 Å². The molecule has 0 bridgehead atoms. The van der Waals surface area contributed by atoms with Gasteiger partial charge in [0, 0.05) is 12.3 Å². The van der Waals surface area contributed by atoms with E-state index in [4.69, 9.17) is 18.5 Å². The molecular formula is C20H25FN3O9P. The summed E-state index contributed by atoms with van der Waals surface area (Å²) in [6, 6.07) is 8.94. The zero-order chi connectivity index (χ0) is 24.9. The molecule has 14 heteroatoms. The molecule has 0 radical (unpaired) electrons. The van der Waals surface area contributed by atoms with Gasteiger partial charge >= 0.3 is 19.4 Å². The molecule has 1 fully saturated rings. The van der Waals surface area contributed by atoms with Gasteiger partial charge in [0.25, 0.3) is 5.56 Å². The molecule has 186 valence electrons. The number of halogens is 1. The highest BCUT2D eigenvalue weighted by molar-refractivity contribution is 7.52. The highest BCUT2D eigenvalue weighted by Crippen LogP contribution is 2.45. The van der Waals surface area contributed by atoms with E-state index in [0.29, 0.717) is 0 Å². The molecule has 1 aliphatic heterocycles. The van der Waals surface area contributed by atoms with Crippen LogP contribution in [-0.2, 0) is 23.4 Å². The number of alkyl halides is 1. The summed E-state index contributed by atoms with van der Waals surface area (Å²) < 4.78 is 49.9. The number of rotatable bonds is 10. The van der Waals surface area contributed by atoms with Gasteiger partial charge in [-0.25, -0.2) is 18.8 Å². The molecule has 2 heterocycles. The van der Waals surface area contributed by atoms with E-state index in [9.17, 15) is 28.4 Å². The predicted molar refractivity (Wildman–Crippen MR) is 116 cm³/mol. The van der Waals surface area contributed by atoms with E-state index in [1.54, 1.807) is 32.0 Å². The Morgan fingerprint density at radius 3 is 2.65 bits per heavy atom. The Morgan fingerprint density at radius 1 is 1.29 bits per heavy atom. The third-order valence-corrected chi connectivity index (χ3v) is 6.06. The number of para-hydroxylation sites is 1. The van der Waals surface area contributed by atoms with Gasteiger partial charge in [0.1, 0.15) is 24.5 Å². The zero-order valence-electron chi connectivity index (χ0n) is 18.3. The van der Waals surface area contributed by atoms with E-state index in [1.807, 2.05) is 4.98 Å². The second-order valence-corrected chi connectivity index (χ2v) is 9.34. The van der Waals surface area contributed by atoms with Crippen LogP contribution in [0.3, 0.4) is 0 Å². The predicted octanol–water partition coefficient (Wildman–Crippen LogP) is 0.878. The first-order valence-electron chi connectivity index (χ1n) is 10.3. The first-order valence-corrected chi connectivity index (χ1v) is 11.8. The summed E-state index contributed by atoms with van der Waals surface area (Å²) in [5.74, 6) is -0.568. The van der Waals surface area contributed by atoms with Gasteiger partial charge in [-0.05, 0) is 26.0 Å². The summed E-state index contributed by atoms with van der Waals surface area (Å²) >= 11 is 0. The number of aromatic nitrogens is 2. The molecule has 1 aromatic heterocycles. The van der Waals surface area contributed by atoms with Crippen LogP contribution in [0.15, 0.2) is 52.2 Å². The van der Waals surface area contributed by atoms with Crippen LogP contribution in [0, 0.1) is 0 Å². The number of nitrogens with one attached hydrogen (secondary N) is 2. The standard InChI is InChI=1S/C20H25FN3O9P/c1-12(2)31-16(26)10-22-34(29,33-13-6-4-3-5-7-13)30-11-14-17(21)18(27)19(32-14)24-9-8-15(25)23-20(24)28/h3-9,12,14,17-19,27H,10-11H2,1-2H3,(H,22,29)(H,23,25,28)/t14?,17-,18-,19+,34?/m0/s1. The third kappa shape index (κ3) is 6.61. The lowest BCUT2D eigenvalue weighted by Crippen LogP contribution is -2.36. The van der Waals surface area contributed by atoms with Gasteiger partial charge in [0.15, 0.2) is 12.4 Å². The first kappa shape index (κ1) is 25.8. The fraction of sp³-hybridized carbons (Fsp3) is 0.450. The molecule has 0 aliphatic carbocycles. The number of nitrogens with zero attached hydrogens (tertiary/aromatic N) is 1. The van der Waals surface area contributed by atoms with Crippen LogP contribution in [-0.4, -0.2) is 58.3 Å². The molecule has 1 aromatic carbocycles. The van der Waals surface area contributed by atoms with Gasteiger partial charge in [0.2, 0.25) is 0 Å². The van der Waals surface area contributed by atoms with Crippen molar-refractivity contribution in [2.24, 2.45) is 0 Å². The van der Waals surface area contributed by atoms with Crippen LogP contribution in [0.2, 0.25) is 0 Å². The maximum absolute atomic E-state index is 14.7. The quantitative estimate of drug-likeness (QED) is 0.315. The van der Waals surface area contributed by atoms with Crippen molar-refractivity contribution in [2.45, 2.75) is 44.6 Å². The molecule has 1 saturated heterocycles. The number of hydrogen-bond donors (Lipinski definition) is 3. The summed E-state index contributed by atoms with van der Waals surface area (Å²) in [5.41, 5.74) is -1.58. The SMILES string of the molecule is CC(C)OC(=O)CNP(=O)(OCC1O[C@@H](n2ccc(=O)[nH]c2=O)[C@@H](O)[C@H]1F)Oc1ccccc1. The van der Waals surface area contributed by atoms with Crippen molar-refractivity contribution in [3.8, 4) is 5.75 Å². The van der Waals surface area contributed by atoms with E-state index in [0.717, 1.165) is 16.8 Å². The number of H-pyrrole nitrogens is 1. The van der Waals surface area contributed by atoms with Crippen molar-refractivity contribution < 1.29 is 37.4 Å². The Hall–Kier alpha value is -2.83. The van der Waals surface area contributed by atoms with Crippen molar-refractivity contribution in [3.63, 3.8) is 0 Å². The Bertz CT molecular complexity index is 1140. The first-order chi connectivity index (χ1) is 16.1. The number of esters is 1. The molecule has 3 N–H and O–H groups in total. The van der Waals surface area contributed by atoms with Crippen LogP contribution in [0.25, 0.3) is 0 Å². The van der Waals surface area contributed by atoms with Crippen LogP contribution in [0.5, 0.6) is 5.75 Å². The molecule has 2 unspecified atom stereocenters. The topological polar surface area (TPSA) is 158 Å². The summed E-state index contributed by atoms with van der Waals surface area (Å²) in [5, 5.41) is 12.6. The Morgan fingerprint density at radius 2 is 2.00 bits per heavy atom. The van der Waals surface area contributed by atoms with Crippen molar-refractivity contribution in [1.82, 2.24) is 14.6 Å². The van der Waals surface area contributed by atoms with E-state index >= 15 is 0 Å². The number of ether oxygens (including phenoxy) is 2. The van der Waals surface area contributed by atoms with Gasteiger partial charge in [-0.1, -0.05) is 18.2 Å². The smallest absolute Gasteiger partial charge is 0.459 e. The summed E-state index contributed by atoms with van der Waals surface area (Å²) in [6.07, 6.45) is -6.07. The minimum atomic E-state index is -4.24. The minimum absolute atomic E-state index is 0.150. The van der Waals surface area contributed by atoms with E-state index in [2.05, 4.69) is 5.09 Å². The lowest BCUT2D eigenvalue weighted by molar-refractivity contribution is -0.146. The monoisotopic (exact) mass is 501 g/mol. The number of aliphatic hydroxyl groups excluding tert-OH is 1. The fourth-order valence-corrected chi connectivity index (χ4v) is 4.34. The van der Waals surface area contributed by atoms with E-state index < -0.39 is 68.8 Å². The Labute approximate surface area is 193 Å². The van der Waals surface area contributed by atoms with Crippen LogP contribution in [0.4, 0.5) is 4.39 Å². The summed E-state index contributed by atoms with van der Waals surface area (Å²) in [6.45, 7) is 2.10. The molecule has 3 rings (SSSR count). The summed E-state index contributed by atoms with van der Waals surface area (Å²) in [4.78, 5) is 37.1. The highest BCUT2D eigenvalue weighted by atomic mass is 31.2. The maximum Gasteiger partial charge on any atom is 0.459 e. The van der Waals surface area contributed by atoms with Gasteiger partial charge in [0.05, 0.1) is 12.7 Å². The Balaban J connectivity index is 1.71. The van der Waals surface area contributed by atoms with E-state index in [-0.39, 0.29) is 5.75 Å². The molecule has 0 amide bonds. The van der Waals surface area contributed by atoms with Gasteiger partial charge in [-0.3, -0.25) is 23.7 Å². The normalized spacial score (nSPS) is 24.0. The third-order valence-electron chi connectivity index (χ3n) is 4.57. The van der Waals surface area contributed by atoms with Gasteiger partial charge in [-0.2, -0.15) is 0 Å². The number of carbonyl (C=O) groups is 1. The number of aliphatic hydroxyl groups is 1. The number of aromatic amines is 1. The average Bonchev–Trinajstić information content (AvgIpc) is 3.05. The maximum atomic E-state index is 14.7. The second kappa shape index (κ2) is 11.1. The minimum Gasteiger partial charge on any atom is -0.462 e. The second-order valence-electron chi connectivity index (χ2n) is 7.59. The number of hydrogen-bond acceptors (Lipinski definition) is 9. The lowest BCUT2D eigenvalue weighted by Gasteiger charge is -2.22. The molecule has 34 heavy (non-hydrogen) atoms.